The van der Waals surface area contributed by atoms with Gasteiger partial charge in [-0.15, -0.1) is 0 Å². The Morgan fingerprint density at radius 1 is 1.24 bits per heavy atom. The van der Waals surface area contributed by atoms with Gasteiger partial charge in [-0.05, 0) is 68.3 Å². The van der Waals surface area contributed by atoms with E-state index in [2.05, 4.69) is 53.3 Å². The predicted octanol–water partition coefficient (Wildman–Crippen LogP) is 5.30. The standard InChI is InChI=1S/C18H28BrNO/c1-3-11-20-13-15-12-16(9-10-17(15)19)21-18-8-6-5-7-14(18)4-2/h9-10,12,14,18,20H,3-8,11,13H2,1-2H3. The highest BCUT2D eigenvalue weighted by Crippen LogP contribution is 2.31. The Hall–Kier alpha value is -0.540. The van der Waals surface area contributed by atoms with Crippen LogP contribution in [-0.4, -0.2) is 12.6 Å². The third kappa shape index (κ3) is 5.00. The summed E-state index contributed by atoms with van der Waals surface area (Å²) in [6.07, 6.45) is 8.00. The van der Waals surface area contributed by atoms with Crippen molar-refractivity contribution < 1.29 is 4.74 Å². The molecule has 1 fully saturated rings. The van der Waals surface area contributed by atoms with Gasteiger partial charge in [0.25, 0.3) is 0 Å². The molecule has 2 atom stereocenters. The first-order valence-corrected chi connectivity index (χ1v) is 9.19. The number of rotatable bonds is 7. The minimum Gasteiger partial charge on any atom is -0.490 e. The molecule has 2 unspecified atom stereocenters. The minimum absolute atomic E-state index is 0.404. The average Bonchev–Trinajstić information content (AvgIpc) is 2.51. The van der Waals surface area contributed by atoms with E-state index < -0.39 is 0 Å². The summed E-state index contributed by atoms with van der Waals surface area (Å²) >= 11 is 3.64. The lowest BCUT2D eigenvalue weighted by molar-refractivity contribution is 0.0903. The molecule has 0 aromatic heterocycles. The Kier molecular flexibility index (Phi) is 7.05. The monoisotopic (exact) mass is 353 g/mol. The molecule has 0 bridgehead atoms. The zero-order valence-corrected chi connectivity index (χ0v) is 14.9. The average molecular weight is 354 g/mol. The van der Waals surface area contributed by atoms with Gasteiger partial charge in [-0.25, -0.2) is 0 Å². The summed E-state index contributed by atoms with van der Waals surface area (Å²) in [7, 11) is 0. The molecule has 0 heterocycles. The molecular weight excluding hydrogens is 326 g/mol. The van der Waals surface area contributed by atoms with Crippen molar-refractivity contribution in [1.82, 2.24) is 5.32 Å². The van der Waals surface area contributed by atoms with Crippen molar-refractivity contribution in [2.24, 2.45) is 5.92 Å². The van der Waals surface area contributed by atoms with E-state index in [9.17, 15) is 0 Å². The molecular formula is C18H28BrNO. The van der Waals surface area contributed by atoms with Crippen molar-refractivity contribution in [1.29, 1.82) is 0 Å². The van der Waals surface area contributed by atoms with Gasteiger partial charge in [0.1, 0.15) is 11.9 Å². The fraction of sp³-hybridized carbons (Fsp3) is 0.667. The second-order valence-corrected chi connectivity index (χ2v) is 6.89. The van der Waals surface area contributed by atoms with E-state index in [0.717, 1.165) is 35.7 Å². The number of hydrogen-bond acceptors (Lipinski definition) is 2. The summed E-state index contributed by atoms with van der Waals surface area (Å²) in [6.45, 7) is 6.43. The zero-order valence-electron chi connectivity index (χ0n) is 13.3. The van der Waals surface area contributed by atoms with Gasteiger partial charge in [-0.2, -0.15) is 0 Å². The quantitative estimate of drug-likeness (QED) is 0.671. The summed E-state index contributed by atoms with van der Waals surface area (Å²) in [5.74, 6) is 1.75. The topological polar surface area (TPSA) is 21.3 Å². The fourth-order valence-electron chi connectivity index (χ4n) is 3.13. The largest absolute Gasteiger partial charge is 0.490 e. The maximum absolute atomic E-state index is 6.31. The fourth-order valence-corrected chi connectivity index (χ4v) is 3.52. The summed E-state index contributed by atoms with van der Waals surface area (Å²) in [6, 6.07) is 6.39. The van der Waals surface area contributed by atoms with Crippen LogP contribution >= 0.6 is 15.9 Å². The molecule has 0 radical (unpaired) electrons. The molecule has 0 aliphatic heterocycles. The number of hydrogen-bond donors (Lipinski definition) is 1. The zero-order chi connectivity index (χ0) is 15.1. The maximum Gasteiger partial charge on any atom is 0.120 e. The van der Waals surface area contributed by atoms with Crippen LogP contribution in [0.5, 0.6) is 5.75 Å². The van der Waals surface area contributed by atoms with Crippen LogP contribution in [-0.2, 0) is 6.54 Å². The van der Waals surface area contributed by atoms with Gasteiger partial charge in [-0.1, -0.05) is 36.2 Å². The summed E-state index contributed by atoms with van der Waals surface area (Å²) in [4.78, 5) is 0. The summed E-state index contributed by atoms with van der Waals surface area (Å²) in [5, 5.41) is 3.46. The number of ether oxygens (including phenoxy) is 1. The van der Waals surface area contributed by atoms with Crippen molar-refractivity contribution in [2.75, 3.05) is 6.54 Å². The molecule has 1 saturated carbocycles. The summed E-state index contributed by atoms with van der Waals surface area (Å²) < 4.78 is 7.47. The van der Waals surface area contributed by atoms with E-state index in [0.29, 0.717) is 6.10 Å². The predicted molar refractivity (Wildman–Crippen MR) is 92.8 cm³/mol. The SMILES string of the molecule is CCCNCc1cc(OC2CCCCC2CC)ccc1Br. The molecule has 3 heteroatoms. The highest BCUT2D eigenvalue weighted by Gasteiger charge is 2.25. The minimum atomic E-state index is 0.404. The molecule has 1 aromatic carbocycles. The number of nitrogens with one attached hydrogen (secondary N) is 1. The Morgan fingerprint density at radius 3 is 2.81 bits per heavy atom. The van der Waals surface area contributed by atoms with Crippen LogP contribution in [0, 0.1) is 5.92 Å². The lowest BCUT2D eigenvalue weighted by atomic mass is 9.85. The van der Waals surface area contributed by atoms with Gasteiger partial charge >= 0.3 is 0 Å². The number of benzene rings is 1. The smallest absolute Gasteiger partial charge is 0.120 e. The molecule has 1 aliphatic carbocycles. The van der Waals surface area contributed by atoms with E-state index in [4.69, 9.17) is 4.74 Å². The Labute approximate surface area is 137 Å². The molecule has 0 saturated heterocycles. The van der Waals surface area contributed by atoms with Crippen LogP contribution < -0.4 is 10.1 Å². The van der Waals surface area contributed by atoms with E-state index in [1.165, 1.54) is 37.7 Å². The highest BCUT2D eigenvalue weighted by atomic mass is 79.9. The van der Waals surface area contributed by atoms with Crippen molar-refractivity contribution >= 4 is 15.9 Å². The van der Waals surface area contributed by atoms with Gasteiger partial charge in [0, 0.05) is 11.0 Å². The molecule has 0 amide bonds. The van der Waals surface area contributed by atoms with Crippen molar-refractivity contribution in [3.63, 3.8) is 0 Å². The second kappa shape index (κ2) is 8.79. The Balaban J connectivity index is 2.00. The molecule has 2 nitrogen and oxygen atoms in total. The Bertz CT molecular complexity index is 435. The van der Waals surface area contributed by atoms with Gasteiger partial charge in [0.05, 0.1) is 0 Å². The lowest BCUT2D eigenvalue weighted by Gasteiger charge is -2.31. The highest BCUT2D eigenvalue weighted by molar-refractivity contribution is 9.10. The molecule has 1 N–H and O–H groups in total. The molecule has 1 aliphatic rings. The van der Waals surface area contributed by atoms with Gasteiger partial charge in [0.2, 0.25) is 0 Å². The third-order valence-corrected chi connectivity index (χ3v) is 5.18. The summed E-state index contributed by atoms with van der Waals surface area (Å²) in [5.41, 5.74) is 1.28. The van der Waals surface area contributed by atoms with Crippen LogP contribution in [0.3, 0.4) is 0 Å². The third-order valence-electron chi connectivity index (χ3n) is 4.41. The van der Waals surface area contributed by atoms with Crippen LogP contribution in [0.2, 0.25) is 0 Å². The van der Waals surface area contributed by atoms with Crippen molar-refractivity contribution in [3.05, 3.63) is 28.2 Å². The van der Waals surface area contributed by atoms with E-state index in [1.807, 2.05) is 0 Å². The molecule has 118 valence electrons. The normalized spacial score (nSPS) is 22.2. The first kappa shape index (κ1) is 16.8. The molecule has 2 rings (SSSR count). The van der Waals surface area contributed by atoms with Crippen molar-refractivity contribution in [2.45, 2.75) is 65.0 Å². The van der Waals surface area contributed by atoms with Gasteiger partial charge in [-0.3, -0.25) is 0 Å². The second-order valence-electron chi connectivity index (χ2n) is 6.04. The first-order chi connectivity index (χ1) is 10.2. The van der Waals surface area contributed by atoms with Crippen LogP contribution in [0.4, 0.5) is 0 Å². The van der Waals surface area contributed by atoms with Gasteiger partial charge in [0.15, 0.2) is 0 Å². The lowest BCUT2D eigenvalue weighted by Crippen LogP contribution is -2.29. The van der Waals surface area contributed by atoms with E-state index in [1.54, 1.807) is 0 Å². The molecule has 21 heavy (non-hydrogen) atoms. The molecule has 0 spiro atoms. The number of halogens is 1. The molecule has 1 aromatic rings. The van der Waals surface area contributed by atoms with Crippen LogP contribution in [0.15, 0.2) is 22.7 Å². The van der Waals surface area contributed by atoms with Crippen LogP contribution in [0.25, 0.3) is 0 Å². The van der Waals surface area contributed by atoms with Crippen molar-refractivity contribution in [3.8, 4) is 5.75 Å². The van der Waals surface area contributed by atoms with E-state index >= 15 is 0 Å². The first-order valence-electron chi connectivity index (χ1n) is 8.40. The van der Waals surface area contributed by atoms with Crippen LogP contribution in [0.1, 0.15) is 57.9 Å². The maximum atomic E-state index is 6.31. The van der Waals surface area contributed by atoms with Gasteiger partial charge < -0.3 is 10.1 Å². The van der Waals surface area contributed by atoms with E-state index in [-0.39, 0.29) is 0 Å². The Morgan fingerprint density at radius 2 is 2.05 bits per heavy atom.